The summed E-state index contributed by atoms with van der Waals surface area (Å²) < 4.78 is 53.0. The number of halogens is 6. The zero-order valence-corrected chi connectivity index (χ0v) is 17.9. The lowest BCUT2D eigenvalue weighted by Gasteiger charge is -2.41. The Kier molecular flexibility index (Phi) is 6.84. The highest BCUT2D eigenvalue weighted by Crippen LogP contribution is 2.45. The number of carbonyl (C=O) groups is 1. The molecule has 31 heavy (non-hydrogen) atoms. The quantitative estimate of drug-likeness (QED) is 0.586. The number of rotatable bonds is 4. The smallest absolute Gasteiger partial charge is 0.342 e. The minimum atomic E-state index is -4.70. The van der Waals surface area contributed by atoms with E-state index in [1.54, 1.807) is 12.1 Å². The van der Waals surface area contributed by atoms with Gasteiger partial charge in [-0.25, -0.2) is 9.37 Å². The van der Waals surface area contributed by atoms with Crippen LogP contribution in [0.5, 0.6) is 0 Å². The maximum Gasteiger partial charge on any atom is 0.417 e. The first-order valence-electron chi connectivity index (χ1n) is 9.73. The van der Waals surface area contributed by atoms with Gasteiger partial charge in [-0.05, 0) is 55.5 Å². The number of pyridine rings is 1. The van der Waals surface area contributed by atoms with Crippen LogP contribution in [0.15, 0.2) is 36.5 Å². The van der Waals surface area contributed by atoms with Crippen molar-refractivity contribution in [2.24, 2.45) is 5.92 Å². The molecule has 2 heterocycles. The normalized spacial score (nSPS) is 23.7. The third-order valence-corrected chi connectivity index (χ3v) is 6.45. The molecule has 1 amide bonds. The van der Waals surface area contributed by atoms with Crippen molar-refractivity contribution in [1.82, 2.24) is 15.6 Å². The Morgan fingerprint density at radius 1 is 1.26 bits per heavy atom. The third-order valence-electron chi connectivity index (χ3n) is 6.07. The van der Waals surface area contributed by atoms with Crippen molar-refractivity contribution in [3.8, 4) is 0 Å². The summed E-state index contributed by atoms with van der Waals surface area (Å²) in [5.41, 5.74) is -1.38. The van der Waals surface area contributed by atoms with Crippen LogP contribution in [0.1, 0.15) is 53.3 Å². The van der Waals surface area contributed by atoms with Crippen LogP contribution in [0.2, 0.25) is 5.02 Å². The fourth-order valence-electron chi connectivity index (χ4n) is 4.69. The van der Waals surface area contributed by atoms with Crippen molar-refractivity contribution in [3.63, 3.8) is 0 Å². The standard InChI is InChI=1S/C21H20ClF4N3O.ClH/c22-16-15(21(24,25)26)7-9-27-17(16)19(30)29-18(13-3-5-14(23)6-4-13)20-8-1-2-12(10-20)11-28-20;/h3-7,9,12,18,28H,1-2,8,10-11H2,(H,29,30);1H. The minimum Gasteiger partial charge on any atom is -0.342 e. The summed E-state index contributed by atoms with van der Waals surface area (Å²) in [6.07, 6.45) is -0.130. The van der Waals surface area contributed by atoms with E-state index in [1.807, 2.05) is 0 Å². The molecule has 0 radical (unpaired) electrons. The molecule has 168 valence electrons. The van der Waals surface area contributed by atoms with E-state index >= 15 is 0 Å². The molecule has 2 aromatic rings. The van der Waals surface area contributed by atoms with Gasteiger partial charge in [0.25, 0.3) is 5.91 Å². The number of fused-ring (bicyclic) bond motifs is 2. The topological polar surface area (TPSA) is 54.0 Å². The van der Waals surface area contributed by atoms with Gasteiger partial charge in [0, 0.05) is 11.7 Å². The first-order chi connectivity index (χ1) is 14.2. The molecule has 1 saturated carbocycles. The van der Waals surface area contributed by atoms with Gasteiger partial charge in [0.1, 0.15) is 11.5 Å². The summed E-state index contributed by atoms with van der Waals surface area (Å²) in [6, 6.07) is 5.94. The van der Waals surface area contributed by atoms with Crippen LogP contribution >= 0.6 is 24.0 Å². The first kappa shape index (κ1) is 23.8. The zero-order valence-electron chi connectivity index (χ0n) is 16.3. The predicted octanol–water partition coefficient (Wildman–Crippen LogP) is 5.32. The largest absolute Gasteiger partial charge is 0.417 e. The summed E-state index contributed by atoms with van der Waals surface area (Å²) in [5.74, 6) is -0.746. The lowest BCUT2D eigenvalue weighted by Crippen LogP contribution is -2.52. The van der Waals surface area contributed by atoms with Crippen LogP contribution in [0, 0.1) is 11.7 Å². The van der Waals surface area contributed by atoms with E-state index in [2.05, 4.69) is 15.6 Å². The number of benzene rings is 1. The minimum absolute atomic E-state index is 0. The molecule has 4 rings (SSSR count). The van der Waals surface area contributed by atoms with Gasteiger partial charge in [-0.1, -0.05) is 30.2 Å². The molecule has 1 aliphatic carbocycles. The Morgan fingerprint density at radius 3 is 2.65 bits per heavy atom. The Morgan fingerprint density at radius 2 is 1.97 bits per heavy atom. The number of nitrogens with one attached hydrogen (secondary N) is 2. The van der Waals surface area contributed by atoms with Crippen LogP contribution in [0.25, 0.3) is 0 Å². The van der Waals surface area contributed by atoms with Crippen LogP contribution < -0.4 is 10.6 Å². The van der Waals surface area contributed by atoms with Crippen LogP contribution in [0.4, 0.5) is 17.6 Å². The van der Waals surface area contributed by atoms with Gasteiger partial charge in [0.15, 0.2) is 0 Å². The van der Waals surface area contributed by atoms with Crippen molar-refractivity contribution in [2.75, 3.05) is 6.54 Å². The van der Waals surface area contributed by atoms with Gasteiger partial charge in [-0.15, -0.1) is 12.4 Å². The average molecular weight is 478 g/mol. The van der Waals surface area contributed by atoms with Crippen LogP contribution in [0.3, 0.4) is 0 Å². The van der Waals surface area contributed by atoms with E-state index in [0.717, 1.165) is 44.5 Å². The number of aromatic nitrogens is 1. The maximum absolute atomic E-state index is 13.5. The van der Waals surface area contributed by atoms with Gasteiger partial charge in [-0.2, -0.15) is 13.2 Å². The molecule has 4 nitrogen and oxygen atoms in total. The maximum atomic E-state index is 13.5. The van der Waals surface area contributed by atoms with E-state index < -0.39 is 45.8 Å². The molecule has 2 bridgehead atoms. The second kappa shape index (κ2) is 8.92. The molecule has 1 aliphatic heterocycles. The van der Waals surface area contributed by atoms with Crippen molar-refractivity contribution in [3.05, 3.63) is 64.2 Å². The monoisotopic (exact) mass is 477 g/mol. The highest BCUT2D eigenvalue weighted by atomic mass is 35.5. The molecular formula is C21H21Cl2F4N3O. The lowest BCUT2D eigenvalue weighted by molar-refractivity contribution is -0.137. The number of nitrogens with zero attached hydrogens (tertiary/aromatic N) is 1. The number of carbonyl (C=O) groups excluding carboxylic acids is 1. The molecule has 10 heteroatoms. The Hall–Kier alpha value is -1.90. The van der Waals surface area contributed by atoms with Crippen molar-refractivity contribution in [2.45, 2.75) is 43.4 Å². The molecule has 2 N–H and O–H groups in total. The highest BCUT2D eigenvalue weighted by Gasteiger charge is 2.48. The SMILES string of the molecule is Cl.O=C(NC(c1ccc(F)cc1)C12CCCC(CN1)C2)c1nccc(C(F)(F)F)c1Cl. The summed E-state index contributed by atoms with van der Waals surface area (Å²) in [6.45, 7) is 0.802. The molecule has 2 aliphatic rings. The Balaban J connectivity index is 0.00000272. The average Bonchev–Trinajstić information content (AvgIpc) is 3.00. The van der Waals surface area contributed by atoms with Gasteiger partial charge >= 0.3 is 6.18 Å². The Labute approximate surface area is 188 Å². The van der Waals surface area contributed by atoms with Crippen molar-refractivity contribution in [1.29, 1.82) is 0 Å². The lowest BCUT2D eigenvalue weighted by atomic mass is 9.73. The summed E-state index contributed by atoms with van der Waals surface area (Å²) in [4.78, 5) is 16.8. The fourth-order valence-corrected chi connectivity index (χ4v) is 4.99. The molecule has 1 aromatic heterocycles. The van der Waals surface area contributed by atoms with E-state index in [9.17, 15) is 22.4 Å². The van der Waals surface area contributed by atoms with E-state index in [-0.39, 0.29) is 12.4 Å². The van der Waals surface area contributed by atoms with Gasteiger partial charge < -0.3 is 10.6 Å². The number of hydrogen-bond donors (Lipinski definition) is 2. The third kappa shape index (κ3) is 4.66. The number of alkyl halides is 3. The van der Waals surface area contributed by atoms with Crippen LogP contribution in [-0.4, -0.2) is 23.0 Å². The highest BCUT2D eigenvalue weighted by molar-refractivity contribution is 6.34. The number of hydrogen-bond acceptors (Lipinski definition) is 3. The molecule has 3 unspecified atom stereocenters. The zero-order chi connectivity index (χ0) is 21.5. The fraction of sp³-hybridized carbons (Fsp3) is 0.429. The van der Waals surface area contributed by atoms with Crippen molar-refractivity contribution < 1.29 is 22.4 Å². The molecule has 1 saturated heterocycles. The van der Waals surface area contributed by atoms with Crippen molar-refractivity contribution >= 4 is 29.9 Å². The second-order valence-corrected chi connectivity index (χ2v) is 8.35. The summed E-state index contributed by atoms with van der Waals surface area (Å²) in [7, 11) is 0. The van der Waals surface area contributed by atoms with Gasteiger partial charge in [0.05, 0.1) is 16.6 Å². The Bertz CT molecular complexity index is 951. The molecule has 1 aromatic carbocycles. The van der Waals surface area contributed by atoms with E-state index in [0.29, 0.717) is 11.5 Å². The second-order valence-electron chi connectivity index (χ2n) is 7.98. The van der Waals surface area contributed by atoms with E-state index in [1.165, 1.54) is 12.1 Å². The molecular weight excluding hydrogens is 457 g/mol. The molecule has 0 spiro atoms. The summed E-state index contributed by atoms with van der Waals surface area (Å²) >= 11 is 5.89. The predicted molar refractivity (Wildman–Crippen MR) is 111 cm³/mol. The first-order valence-corrected chi connectivity index (χ1v) is 10.1. The van der Waals surface area contributed by atoms with Gasteiger partial charge in [-0.3, -0.25) is 4.79 Å². The van der Waals surface area contributed by atoms with Crippen LogP contribution in [-0.2, 0) is 6.18 Å². The van der Waals surface area contributed by atoms with Gasteiger partial charge in [0.2, 0.25) is 0 Å². The molecule has 2 fully saturated rings. The summed E-state index contributed by atoms with van der Waals surface area (Å²) in [5, 5.41) is 5.61. The van der Waals surface area contributed by atoms with E-state index in [4.69, 9.17) is 11.6 Å². The number of amides is 1. The molecule has 3 atom stereocenters.